The van der Waals surface area contributed by atoms with E-state index in [9.17, 15) is 19.6 Å². The third-order valence-corrected chi connectivity index (χ3v) is 14.1. The fraction of sp³-hybridized carbons (Fsp3) is 0.565. The second kappa shape index (κ2) is 17.4. The second-order valence-electron chi connectivity index (χ2n) is 18.0. The van der Waals surface area contributed by atoms with Crippen LogP contribution in [0.15, 0.2) is 35.8 Å². The van der Waals surface area contributed by atoms with E-state index in [1.807, 2.05) is 5.38 Å². The molecule has 0 radical (unpaired) electrons. The SMILES string of the molecule is CCn1c(-c2cc(C3CCN(C)CC3)cnc2[C@H](C)OC)c2c3cc(ccc31)-c1csc(n1)C[C@H](NC(=O)[C@H]1CC[C@@H]1C#N)C(=O)N1CCC[C@H](N1)C(=O)OCC(C)(C)C2. The fourth-order valence-corrected chi connectivity index (χ4v) is 10.3. The number of methoxy groups -OCH3 is 1. The van der Waals surface area contributed by atoms with Gasteiger partial charge < -0.3 is 24.3 Å². The van der Waals surface area contributed by atoms with E-state index in [0.717, 1.165) is 77.2 Å². The highest BCUT2D eigenvalue weighted by atomic mass is 32.1. The van der Waals surface area contributed by atoms with Crippen molar-refractivity contribution in [2.24, 2.45) is 17.3 Å². The van der Waals surface area contributed by atoms with Gasteiger partial charge in [0.1, 0.15) is 12.1 Å². The first-order valence-electron chi connectivity index (χ1n) is 21.6. The lowest BCUT2D eigenvalue weighted by molar-refractivity contribution is -0.155. The average Bonchev–Trinajstić information content (AvgIpc) is 3.83. The van der Waals surface area contributed by atoms with Crippen LogP contribution in [0.4, 0.5) is 0 Å². The Hall–Kier alpha value is -4.68. The van der Waals surface area contributed by atoms with E-state index in [0.29, 0.717) is 49.6 Å². The third kappa shape index (κ3) is 8.34. The number of aryl methyl sites for hydroxylation is 1. The van der Waals surface area contributed by atoms with Crippen molar-refractivity contribution in [2.75, 3.05) is 40.4 Å². The zero-order valence-corrected chi connectivity index (χ0v) is 36.6. The Morgan fingerprint density at radius 2 is 1.95 bits per heavy atom. The number of benzene rings is 1. The molecule has 2 N–H and O–H groups in total. The van der Waals surface area contributed by atoms with Crippen LogP contribution in [0.25, 0.3) is 33.4 Å². The molecule has 13 nitrogen and oxygen atoms in total. The van der Waals surface area contributed by atoms with Gasteiger partial charge in [-0.15, -0.1) is 11.3 Å². The zero-order chi connectivity index (χ0) is 42.3. The predicted octanol–water partition coefficient (Wildman–Crippen LogP) is 6.56. The standard InChI is InChI=1S/C46H58N8O5S/c1-7-53-39-13-11-29-19-33(39)35(42(53)34-20-31(24-48-41(34)27(2)58-6)28-14-17-52(5)18-15-28)22-46(3,4)26-59-45(57)36-9-8-16-54(51-36)44(56)37(21-40-49-38(29)25-60-40)50-43(55)32-12-10-30(32)23-47/h11,13,19-20,24-25,27-28,30,32,36-37,51H,7-10,12,14-18,21-22,26H2,1-6H3,(H,50,55)/t27-,30+,32-,36-,37-/m0/s1. The molecule has 3 aromatic heterocycles. The maximum atomic E-state index is 14.2. The fourth-order valence-electron chi connectivity index (χ4n) is 9.44. The monoisotopic (exact) mass is 834 g/mol. The Labute approximate surface area is 356 Å². The van der Waals surface area contributed by atoms with Crippen LogP contribution < -0.4 is 10.7 Å². The summed E-state index contributed by atoms with van der Waals surface area (Å²) >= 11 is 1.45. The van der Waals surface area contributed by atoms with Gasteiger partial charge in [0.2, 0.25) is 5.91 Å². The molecule has 14 heteroatoms. The number of rotatable bonds is 7. The molecule has 318 valence electrons. The summed E-state index contributed by atoms with van der Waals surface area (Å²) in [6.45, 7) is 11.9. The first-order valence-corrected chi connectivity index (χ1v) is 22.5. The van der Waals surface area contributed by atoms with Crippen LogP contribution in [0, 0.1) is 28.6 Å². The molecule has 3 aliphatic heterocycles. The molecule has 60 heavy (non-hydrogen) atoms. The molecule has 4 aromatic rings. The number of cyclic esters (lactones) is 1. The van der Waals surface area contributed by atoms with Crippen molar-refractivity contribution in [1.82, 2.24) is 35.2 Å². The summed E-state index contributed by atoms with van der Waals surface area (Å²) in [4.78, 5) is 54.1. The van der Waals surface area contributed by atoms with E-state index in [2.05, 4.69) is 91.5 Å². The highest BCUT2D eigenvalue weighted by Crippen LogP contribution is 2.43. The molecule has 4 aliphatic rings. The maximum absolute atomic E-state index is 14.2. The molecule has 8 rings (SSSR count). The lowest BCUT2D eigenvalue weighted by atomic mass is 9.74. The molecular formula is C46H58N8O5S. The van der Waals surface area contributed by atoms with E-state index in [4.69, 9.17) is 19.4 Å². The van der Waals surface area contributed by atoms with Crippen LogP contribution in [0.3, 0.4) is 0 Å². The largest absolute Gasteiger partial charge is 0.464 e. The molecule has 6 heterocycles. The topological polar surface area (TPSA) is 155 Å². The lowest BCUT2D eigenvalue weighted by Gasteiger charge is -2.36. The summed E-state index contributed by atoms with van der Waals surface area (Å²) < 4.78 is 14.5. The third-order valence-electron chi connectivity index (χ3n) is 13.2. The number of carbonyl (C=O) groups is 3. The van der Waals surface area contributed by atoms with Gasteiger partial charge in [0.25, 0.3) is 5.91 Å². The number of likely N-dealkylation sites (tertiary alicyclic amines) is 1. The number of esters is 1. The highest BCUT2D eigenvalue weighted by Gasteiger charge is 2.40. The molecule has 1 saturated carbocycles. The number of nitrogens with zero attached hydrogens (tertiary/aromatic N) is 6. The molecule has 0 unspecified atom stereocenters. The molecule has 6 bridgehead atoms. The summed E-state index contributed by atoms with van der Waals surface area (Å²) in [6, 6.07) is 9.44. The van der Waals surface area contributed by atoms with Gasteiger partial charge in [-0.05, 0) is 114 Å². The van der Waals surface area contributed by atoms with E-state index in [1.165, 1.54) is 21.9 Å². The van der Waals surface area contributed by atoms with Gasteiger partial charge in [-0.1, -0.05) is 19.9 Å². The summed E-state index contributed by atoms with van der Waals surface area (Å²) in [5.41, 5.74) is 10.9. The van der Waals surface area contributed by atoms with Crippen LogP contribution in [0.1, 0.15) is 100 Å². The number of fused-ring (bicyclic) bond motifs is 6. The number of carbonyl (C=O) groups excluding carboxylic acids is 3. The van der Waals surface area contributed by atoms with Gasteiger partial charge >= 0.3 is 5.97 Å². The molecule has 1 aliphatic carbocycles. The molecule has 5 atom stereocenters. The molecular weight excluding hydrogens is 777 g/mol. The van der Waals surface area contributed by atoms with Crippen LogP contribution in [-0.2, 0) is 43.2 Å². The van der Waals surface area contributed by atoms with Crippen LogP contribution in [0.2, 0.25) is 0 Å². The smallest absolute Gasteiger partial charge is 0.324 e. The van der Waals surface area contributed by atoms with Crippen molar-refractivity contribution < 1.29 is 23.9 Å². The van der Waals surface area contributed by atoms with Crippen molar-refractivity contribution >= 4 is 40.0 Å². The quantitative estimate of drug-likeness (QED) is 0.196. The van der Waals surface area contributed by atoms with Crippen LogP contribution >= 0.6 is 11.3 Å². The van der Waals surface area contributed by atoms with Crippen LogP contribution in [0.5, 0.6) is 0 Å². The van der Waals surface area contributed by atoms with Gasteiger partial charge in [0.15, 0.2) is 0 Å². The summed E-state index contributed by atoms with van der Waals surface area (Å²) in [6.07, 6.45) is 7.13. The molecule has 2 amide bonds. The minimum absolute atomic E-state index is 0.167. The number of hydrogen-bond donors (Lipinski definition) is 2. The first-order chi connectivity index (χ1) is 28.9. The Morgan fingerprint density at radius 1 is 1.15 bits per heavy atom. The average molecular weight is 835 g/mol. The van der Waals surface area contributed by atoms with Gasteiger partial charge in [-0.25, -0.2) is 10.4 Å². The second-order valence-corrected chi connectivity index (χ2v) is 19.0. The van der Waals surface area contributed by atoms with Gasteiger partial charge in [0.05, 0.1) is 52.7 Å². The summed E-state index contributed by atoms with van der Waals surface area (Å²) in [5.74, 6) is -1.46. The number of thiazole rings is 1. The first kappa shape index (κ1) is 42.0. The van der Waals surface area contributed by atoms with Crippen molar-refractivity contribution in [3.63, 3.8) is 0 Å². The number of hydrogen-bond acceptors (Lipinski definition) is 11. The minimum Gasteiger partial charge on any atom is -0.464 e. The number of hydrazine groups is 1. The molecule has 3 fully saturated rings. The van der Waals surface area contributed by atoms with Crippen LogP contribution in [-0.4, -0.2) is 94.7 Å². The molecule has 0 spiro atoms. The van der Waals surface area contributed by atoms with E-state index < -0.39 is 29.4 Å². The summed E-state index contributed by atoms with van der Waals surface area (Å²) in [5, 5.41) is 17.8. The zero-order valence-electron chi connectivity index (χ0n) is 35.8. The van der Waals surface area contributed by atoms with Gasteiger partial charge in [-0.2, -0.15) is 5.26 Å². The predicted molar refractivity (Wildman–Crippen MR) is 231 cm³/mol. The Bertz CT molecular complexity index is 2300. The van der Waals surface area contributed by atoms with Crippen molar-refractivity contribution in [3.8, 4) is 28.6 Å². The normalized spacial score (nSPS) is 24.6. The van der Waals surface area contributed by atoms with E-state index in [1.54, 1.807) is 7.11 Å². The van der Waals surface area contributed by atoms with E-state index in [-0.39, 0.29) is 36.9 Å². The van der Waals surface area contributed by atoms with Gasteiger partial charge in [0, 0.05) is 65.6 Å². The Morgan fingerprint density at radius 3 is 2.67 bits per heavy atom. The molecule has 2 saturated heterocycles. The number of amides is 2. The number of ether oxygens (including phenoxy) is 2. The van der Waals surface area contributed by atoms with Crippen molar-refractivity contribution in [3.05, 3.63) is 57.7 Å². The van der Waals surface area contributed by atoms with Crippen molar-refractivity contribution in [2.45, 2.75) is 110 Å². The summed E-state index contributed by atoms with van der Waals surface area (Å²) in [7, 11) is 3.91. The number of nitrogens with one attached hydrogen (secondary N) is 2. The Kier molecular flexibility index (Phi) is 12.2. The number of aromatic nitrogens is 3. The number of piperidine rings is 1. The maximum Gasteiger partial charge on any atom is 0.324 e. The number of pyridine rings is 1. The van der Waals surface area contributed by atoms with Gasteiger partial charge in [-0.3, -0.25) is 24.4 Å². The van der Waals surface area contributed by atoms with E-state index >= 15 is 0 Å². The minimum atomic E-state index is -0.936. The Balaban J connectivity index is 1.25. The van der Waals surface area contributed by atoms with Crippen molar-refractivity contribution in [1.29, 1.82) is 5.26 Å². The highest BCUT2D eigenvalue weighted by molar-refractivity contribution is 7.10. The number of nitriles is 1. The lowest BCUT2D eigenvalue weighted by Crippen LogP contribution is -2.61. The molecule has 1 aromatic carbocycles.